The molecule has 2 nitrogen and oxygen atoms in total. The zero-order valence-corrected chi connectivity index (χ0v) is 40.7. The number of benzene rings is 8. The van der Waals surface area contributed by atoms with E-state index in [1.165, 1.54) is 22.3 Å². The number of aromatic nitrogens is 2. The maximum Gasteiger partial charge on any atom is 0.0730 e. The van der Waals surface area contributed by atoms with Crippen LogP contribution in [0.3, 0.4) is 0 Å². The standard InChI is InChI=1S/C68H44N2S2/c1-9-25-45(26-10-1)57-53-41-42-54(69-53)58(46-27-11-2-12-28-46)67-63(51-37-21-7-22-38-51)64(52-39-23-8-24-40-52)68(72-67)60(48-31-15-4-16-32-48)56-44-43-55(70-56)59(47-29-13-3-14-30-47)66-62(50-35-19-6-20-36-50)61(65(57)71-66)49-33-17-5-18-34-49/h1-44H. The van der Waals surface area contributed by atoms with Crippen molar-refractivity contribution in [3.63, 3.8) is 0 Å². The molecular formula is C68H44N2S2. The topological polar surface area (TPSA) is 25.8 Å². The molecule has 338 valence electrons. The minimum absolute atomic E-state index is 0.911. The molecule has 0 amide bonds. The average Bonchev–Trinajstić information content (AvgIpc) is 4.29. The number of fused-ring (bicyclic) bond motifs is 8. The lowest BCUT2D eigenvalue weighted by Gasteiger charge is -2.12. The van der Waals surface area contributed by atoms with Crippen molar-refractivity contribution in [3.8, 4) is 89.0 Å². The lowest BCUT2D eigenvalue weighted by molar-refractivity contribution is 1.33. The fraction of sp³-hybridized carbons (Fsp3) is 0. The van der Waals surface area contributed by atoms with Gasteiger partial charge in [0.15, 0.2) is 0 Å². The molecular weight excluding hydrogens is 909 g/mol. The lowest BCUT2D eigenvalue weighted by Crippen LogP contribution is -1.90. The van der Waals surface area contributed by atoms with Crippen LogP contribution >= 0.6 is 22.7 Å². The largest absolute Gasteiger partial charge is 0.248 e. The summed E-state index contributed by atoms with van der Waals surface area (Å²) in [4.78, 5) is 11.8. The van der Waals surface area contributed by atoms with Crippen LogP contribution in [0.15, 0.2) is 243 Å². The van der Waals surface area contributed by atoms with Gasteiger partial charge in [-0.05, 0) is 68.8 Å². The number of nitrogens with zero attached hydrogens (tertiary/aromatic N) is 2. The first kappa shape index (κ1) is 43.2. The molecule has 5 heterocycles. The van der Waals surface area contributed by atoms with Crippen molar-refractivity contribution in [3.05, 3.63) is 265 Å². The zero-order valence-electron chi connectivity index (χ0n) is 39.1. The summed E-state index contributed by atoms with van der Waals surface area (Å²) in [5.74, 6) is 0. The van der Waals surface area contributed by atoms with Gasteiger partial charge < -0.3 is 0 Å². The van der Waals surface area contributed by atoms with Crippen LogP contribution < -0.4 is 0 Å². The average molecular weight is 953 g/mol. The molecule has 8 bridgehead atoms. The summed E-state index contributed by atoms with van der Waals surface area (Å²) in [5.41, 5.74) is 21.6. The van der Waals surface area contributed by atoms with Gasteiger partial charge in [0.2, 0.25) is 0 Å². The molecule has 72 heavy (non-hydrogen) atoms. The summed E-state index contributed by atoms with van der Waals surface area (Å²) >= 11 is 3.68. The molecule has 0 saturated carbocycles. The molecule has 0 saturated heterocycles. The third kappa shape index (κ3) is 7.75. The van der Waals surface area contributed by atoms with E-state index in [9.17, 15) is 0 Å². The molecule has 0 radical (unpaired) electrons. The molecule has 8 aromatic carbocycles. The van der Waals surface area contributed by atoms with Crippen LogP contribution in [0.25, 0.3) is 132 Å². The molecule has 3 aromatic heterocycles. The highest BCUT2D eigenvalue weighted by molar-refractivity contribution is 7.26. The summed E-state index contributed by atoms with van der Waals surface area (Å²) in [6.07, 6.45) is 8.99. The molecule has 11 aromatic rings. The molecule has 13 rings (SSSR count). The Bertz CT molecular complexity index is 3490. The van der Waals surface area contributed by atoms with E-state index in [0.717, 1.165) is 108 Å². The van der Waals surface area contributed by atoms with Crippen molar-refractivity contribution >= 4 is 65.8 Å². The quantitative estimate of drug-likeness (QED) is 0.152. The van der Waals surface area contributed by atoms with Crippen LogP contribution in [0, 0.1) is 0 Å². The second-order valence-corrected chi connectivity index (χ2v) is 19.9. The Kier molecular flexibility index (Phi) is 11.3. The highest BCUT2D eigenvalue weighted by Crippen LogP contribution is 2.54. The Morgan fingerprint density at radius 1 is 0.181 bits per heavy atom. The second kappa shape index (κ2) is 18.8. The lowest BCUT2D eigenvalue weighted by atomic mass is 9.91. The molecule has 0 atom stereocenters. The van der Waals surface area contributed by atoms with E-state index in [0.29, 0.717) is 0 Å². The molecule has 0 N–H and O–H groups in total. The second-order valence-electron chi connectivity index (χ2n) is 17.9. The summed E-state index contributed by atoms with van der Waals surface area (Å²) in [6, 6.07) is 87.1. The highest BCUT2D eigenvalue weighted by Gasteiger charge is 2.28. The van der Waals surface area contributed by atoms with Crippen molar-refractivity contribution < 1.29 is 0 Å². The first-order valence-electron chi connectivity index (χ1n) is 24.3. The fourth-order valence-electron chi connectivity index (χ4n) is 10.4. The predicted molar refractivity (Wildman–Crippen MR) is 309 cm³/mol. The van der Waals surface area contributed by atoms with Gasteiger partial charge in [-0.25, -0.2) is 9.97 Å². The minimum atomic E-state index is 0.911. The van der Waals surface area contributed by atoms with Gasteiger partial charge in [0.05, 0.1) is 22.8 Å². The van der Waals surface area contributed by atoms with Crippen molar-refractivity contribution in [1.82, 2.24) is 9.97 Å². The van der Waals surface area contributed by atoms with Gasteiger partial charge in [-0.2, -0.15) is 0 Å². The maximum atomic E-state index is 5.88. The van der Waals surface area contributed by atoms with Gasteiger partial charge in [0, 0.05) is 63.3 Å². The van der Waals surface area contributed by atoms with Gasteiger partial charge in [0.25, 0.3) is 0 Å². The summed E-state index contributed by atoms with van der Waals surface area (Å²) in [6.45, 7) is 0. The van der Waals surface area contributed by atoms with Crippen LogP contribution in [0.5, 0.6) is 0 Å². The van der Waals surface area contributed by atoms with E-state index in [2.05, 4.69) is 267 Å². The molecule has 2 aliphatic rings. The van der Waals surface area contributed by atoms with Crippen molar-refractivity contribution in [2.24, 2.45) is 0 Å². The molecule has 2 aliphatic heterocycles. The minimum Gasteiger partial charge on any atom is -0.248 e. The number of hydrogen-bond donors (Lipinski definition) is 0. The van der Waals surface area contributed by atoms with E-state index >= 15 is 0 Å². The predicted octanol–water partition coefficient (Wildman–Crippen LogP) is 19.5. The Morgan fingerprint density at radius 3 is 0.500 bits per heavy atom. The van der Waals surface area contributed by atoms with Crippen LogP contribution in [0.1, 0.15) is 22.8 Å². The van der Waals surface area contributed by atoms with Gasteiger partial charge in [0.1, 0.15) is 0 Å². The Balaban J connectivity index is 1.36. The van der Waals surface area contributed by atoms with Crippen molar-refractivity contribution in [1.29, 1.82) is 0 Å². The van der Waals surface area contributed by atoms with Crippen LogP contribution in [-0.4, -0.2) is 9.97 Å². The van der Waals surface area contributed by atoms with E-state index in [1.54, 1.807) is 0 Å². The van der Waals surface area contributed by atoms with Crippen molar-refractivity contribution in [2.45, 2.75) is 0 Å². The van der Waals surface area contributed by atoms with Gasteiger partial charge in [-0.3, -0.25) is 0 Å². The van der Waals surface area contributed by atoms with Crippen molar-refractivity contribution in [2.75, 3.05) is 0 Å². The Morgan fingerprint density at radius 2 is 0.333 bits per heavy atom. The smallest absolute Gasteiger partial charge is 0.0730 e. The summed E-state index contributed by atoms with van der Waals surface area (Å²) < 4.78 is 4.58. The van der Waals surface area contributed by atoms with Gasteiger partial charge in [-0.15, -0.1) is 22.7 Å². The maximum absolute atomic E-state index is 5.88. The van der Waals surface area contributed by atoms with E-state index in [1.807, 2.05) is 22.7 Å². The molecule has 0 aliphatic carbocycles. The molecule has 0 spiro atoms. The van der Waals surface area contributed by atoms with Gasteiger partial charge >= 0.3 is 0 Å². The third-order valence-electron chi connectivity index (χ3n) is 13.5. The zero-order chi connectivity index (χ0) is 47.8. The molecule has 0 unspecified atom stereocenters. The normalized spacial score (nSPS) is 11.8. The molecule has 4 heteroatoms. The number of rotatable bonds is 8. The SMILES string of the molecule is C1=Cc2nc1c(-c1ccccc1)c1sc(c(-c3ccccc3)c3nc(c(-c4ccccc4)c4sc(c2-c2ccccc2)c(-c2ccccc2)c4-c2ccccc2)C=C3)c(-c2ccccc2)c1-c1ccccc1. The Labute approximate surface area is 427 Å². The van der Waals surface area contributed by atoms with Gasteiger partial charge in [-0.1, -0.05) is 243 Å². The monoisotopic (exact) mass is 952 g/mol. The van der Waals surface area contributed by atoms with Crippen LogP contribution in [0.2, 0.25) is 0 Å². The number of hydrogen-bond acceptors (Lipinski definition) is 4. The fourth-order valence-corrected chi connectivity index (χ4v) is 13.4. The number of thiophene rings is 2. The first-order valence-corrected chi connectivity index (χ1v) is 26.0. The highest BCUT2D eigenvalue weighted by atomic mass is 32.1. The summed E-state index contributed by atoms with van der Waals surface area (Å²) in [7, 11) is 0. The third-order valence-corrected chi connectivity index (χ3v) is 16.0. The van der Waals surface area contributed by atoms with E-state index in [4.69, 9.17) is 9.97 Å². The first-order chi connectivity index (χ1) is 35.8. The summed E-state index contributed by atoms with van der Waals surface area (Å²) in [5, 5.41) is 0. The molecule has 0 fully saturated rings. The Hall–Kier alpha value is -8.80. The van der Waals surface area contributed by atoms with Crippen LogP contribution in [0.4, 0.5) is 0 Å². The van der Waals surface area contributed by atoms with Crippen LogP contribution in [-0.2, 0) is 0 Å². The van der Waals surface area contributed by atoms with E-state index < -0.39 is 0 Å². The van der Waals surface area contributed by atoms with E-state index in [-0.39, 0.29) is 0 Å².